The van der Waals surface area contributed by atoms with Crippen LogP contribution in [0, 0.1) is 5.92 Å². The van der Waals surface area contributed by atoms with E-state index in [2.05, 4.69) is 0 Å². The van der Waals surface area contributed by atoms with E-state index in [1.807, 2.05) is 0 Å². The van der Waals surface area contributed by atoms with Gasteiger partial charge in [-0.15, -0.1) is 0 Å². The lowest BCUT2D eigenvalue weighted by Gasteiger charge is -2.56. The zero-order chi connectivity index (χ0) is 19.4. The topological polar surface area (TPSA) is 35.5 Å². The second-order valence-electron chi connectivity index (χ2n) is 10.2. The van der Waals surface area contributed by atoms with Crippen LogP contribution < -0.4 is 0 Å². The monoisotopic (exact) mass is 406 g/mol. The Bertz CT molecular complexity index is 458. The van der Waals surface area contributed by atoms with Gasteiger partial charge in [-0.2, -0.15) is 0 Å². The Morgan fingerprint density at radius 1 is 0.714 bits per heavy atom. The van der Waals surface area contributed by atoms with E-state index in [9.17, 15) is 4.79 Å². The fourth-order valence-corrected chi connectivity index (χ4v) is 17.0. The molecule has 0 amide bonds. The molecule has 3 nitrogen and oxygen atoms in total. The van der Waals surface area contributed by atoms with Gasteiger partial charge in [-0.05, 0) is 23.0 Å². The van der Waals surface area contributed by atoms with Crippen molar-refractivity contribution in [2.45, 2.75) is 125 Å². The maximum Gasteiger partial charge on any atom is 0.311 e. The molecule has 3 saturated carbocycles. The molecule has 0 aromatic rings. The number of rotatable bonds is 5. The molecule has 160 valence electrons. The molecule has 0 N–H and O–H groups in total. The van der Waals surface area contributed by atoms with Crippen molar-refractivity contribution in [2.24, 2.45) is 5.92 Å². The smallest absolute Gasteiger partial charge is 0.311 e. The predicted molar refractivity (Wildman–Crippen MR) is 116 cm³/mol. The molecular weight excluding hydrogens is 364 g/mol. The number of hydrogen-bond donors (Lipinski definition) is 0. The third kappa shape index (κ3) is 3.85. The van der Waals surface area contributed by atoms with E-state index in [4.69, 9.17) is 9.47 Å². The van der Waals surface area contributed by atoms with E-state index in [1.165, 1.54) is 96.3 Å². The van der Waals surface area contributed by atoms with E-state index in [0.29, 0.717) is 0 Å². The number of carbonyl (C=O) groups excluding carboxylic acids is 1. The summed E-state index contributed by atoms with van der Waals surface area (Å²) in [5, 5.41) is 0. The van der Waals surface area contributed by atoms with Crippen LogP contribution in [0.15, 0.2) is 0 Å². The molecule has 4 heteroatoms. The van der Waals surface area contributed by atoms with Crippen LogP contribution in [0.5, 0.6) is 0 Å². The molecule has 4 aliphatic rings. The standard InChI is InChI=1S/C24H42O3Si/c1-26-23(25)22-17-18-27-24(22)28(19-11-5-2-6-12-19,20-13-7-3-8-14-20)21-15-9-4-10-16-21/h19-22,24H,2-18H2,1H3/t22-,24+/m0/s1. The minimum Gasteiger partial charge on any atom is -0.469 e. The van der Waals surface area contributed by atoms with E-state index >= 15 is 0 Å². The van der Waals surface area contributed by atoms with Gasteiger partial charge >= 0.3 is 5.97 Å². The molecule has 3 aliphatic carbocycles. The molecule has 1 heterocycles. The molecule has 28 heavy (non-hydrogen) atoms. The maximum absolute atomic E-state index is 12.8. The fourth-order valence-electron chi connectivity index (χ4n) is 7.98. The number of methoxy groups -OCH3 is 1. The second-order valence-corrected chi connectivity index (χ2v) is 15.2. The largest absolute Gasteiger partial charge is 0.469 e. The van der Waals surface area contributed by atoms with Gasteiger partial charge in [0.05, 0.1) is 26.8 Å². The third-order valence-corrected chi connectivity index (χ3v) is 16.6. The van der Waals surface area contributed by atoms with Crippen LogP contribution in [0.25, 0.3) is 0 Å². The number of carbonyl (C=O) groups is 1. The number of ether oxygens (including phenoxy) is 2. The molecule has 2 atom stereocenters. The van der Waals surface area contributed by atoms with Gasteiger partial charge in [0.1, 0.15) is 0 Å². The Hall–Kier alpha value is -0.353. The van der Waals surface area contributed by atoms with Crippen LogP contribution >= 0.6 is 0 Å². The van der Waals surface area contributed by atoms with Crippen LogP contribution in [-0.4, -0.2) is 33.5 Å². The molecule has 0 aromatic carbocycles. The fraction of sp³-hybridized carbons (Fsp3) is 0.958. The molecule has 1 saturated heterocycles. The summed E-state index contributed by atoms with van der Waals surface area (Å²) in [6.45, 7) is 0.783. The van der Waals surface area contributed by atoms with Crippen LogP contribution in [0.2, 0.25) is 16.6 Å². The summed E-state index contributed by atoms with van der Waals surface area (Å²) in [5.41, 5.74) is 2.92. The second kappa shape index (κ2) is 9.64. The molecule has 0 unspecified atom stereocenters. The van der Waals surface area contributed by atoms with Gasteiger partial charge in [-0.3, -0.25) is 4.79 Å². The van der Waals surface area contributed by atoms with Gasteiger partial charge in [-0.1, -0.05) is 96.3 Å². The minimum atomic E-state index is -1.83. The highest BCUT2D eigenvalue weighted by molar-refractivity contribution is 6.85. The average Bonchev–Trinajstić information content (AvgIpc) is 3.26. The molecular formula is C24H42O3Si. The molecule has 1 aliphatic heterocycles. The Morgan fingerprint density at radius 3 is 1.54 bits per heavy atom. The van der Waals surface area contributed by atoms with E-state index in [-0.39, 0.29) is 17.6 Å². The Labute approximate surface area is 173 Å². The lowest BCUT2D eigenvalue weighted by atomic mass is 9.98. The summed E-state index contributed by atoms with van der Waals surface area (Å²) in [5.74, 6) is 0.0595. The van der Waals surface area contributed by atoms with Crippen LogP contribution in [0.4, 0.5) is 0 Å². The van der Waals surface area contributed by atoms with Gasteiger partial charge in [0.25, 0.3) is 0 Å². The van der Waals surface area contributed by atoms with Gasteiger partial charge in [0.2, 0.25) is 0 Å². The highest BCUT2D eigenvalue weighted by atomic mass is 28.3. The summed E-state index contributed by atoms with van der Waals surface area (Å²) in [7, 11) is -0.239. The van der Waals surface area contributed by atoms with Gasteiger partial charge < -0.3 is 9.47 Å². The van der Waals surface area contributed by atoms with E-state index < -0.39 is 8.07 Å². The van der Waals surface area contributed by atoms with Gasteiger partial charge in [0.15, 0.2) is 0 Å². The normalized spacial score (nSPS) is 31.8. The van der Waals surface area contributed by atoms with Gasteiger partial charge in [0, 0.05) is 6.61 Å². The summed E-state index contributed by atoms with van der Waals surface area (Å²) < 4.78 is 12.0. The number of esters is 1. The van der Waals surface area contributed by atoms with Crippen molar-refractivity contribution in [1.82, 2.24) is 0 Å². The van der Waals surface area contributed by atoms with E-state index in [1.54, 1.807) is 7.11 Å². The predicted octanol–water partition coefficient (Wildman–Crippen LogP) is 6.56. The van der Waals surface area contributed by atoms with Crippen molar-refractivity contribution in [2.75, 3.05) is 13.7 Å². The first-order valence-electron chi connectivity index (χ1n) is 12.5. The first-order valence-corrected chi connectivity index (χ1v) is 14.8. The zero-order valence-electron chi connectivity index (χ0n) is 18.1. The summed E-state index contributed by atoms with van der Waals surface area (Å²) >= 11 is 0. The SMILES string of the molecule is COC(=O)[C@@H]1CCO[C@@H]1[Si](C1CCCCC1)(C1CCCCC1)C1CCCCC1. The molecule has 0 aromatic heterocycles. The molecule has 4 fully saturated rings. The van der Waals surface area contributed by atoms with Crippen molar-refractivity contribution in [3.63, 3.8) is 0 Å². The third-order valence-electron chi connectivity index (χ3n) is 9.03. The van der Waals surface area contributed by atoms with Gasteiger partial charge in [-0.25, -0.2) is 0 Å². The first kappa shape index (κ1) is 20.9. The molecule has 0 spiro atoms. The summed E-state index contributed by atoms with van der Waals surface area (Å²) in [6.07, 6.45) is 22.2. The van der Waals surface area contributed by atoms with Crippen LogP contribution in [0.1, 0.15) is 103 Å². The summed E-state index contributed by atoms with van der Waals surface area (Å²) in [6, 6.07) is 0. The lowest BCUT2D eigenvalue weighted by molar-refractivity contribution is -0.146. The quantitative estimate of drug-likeness (QED) is 0.383. The Balaban J connectivity index is 1.77. The van der Waals surface area contributed by atoms with Crippen LogP contribution in [-0.2, 0) is 14.3 Å². The van der Waals surface area contributed by atoms with Crippen molar-refractivity contribution in [1.29, 1.82) is 0 Å². The maximum atomic E-state index is 12.8. The Morgan fingerprint density at radius 2 is 1.14 bits per heavy atom. The zero-order valence-corrected chi connectivity index (χ0v) is 19.1. The van der Waals surface area contributed by atoms with Crippen molar-refractivity contribution in [3.05, 3.63) is 0 Å². The van der Waals surface area contributed by atoms with E-state index in [0.717, 1.165) is 29.7 Å². The summed E-state index contributed by atoms with van der Waals surface area (Å²) in [4.78, 5) is 12.8. The molecule has 4 rings (SSSR count). The average molecular weight is 407 g/mol. The van der Waals surface area contributed by atoms with Crippen molar-refractivity contribution >= 4 is 14.0 Å². The molecule has 0 bridgehead atoms. The minimum absolute atomic E-state index is 0.0294. The number of hydrogen-bond acceptors (Lipinski definition) is 3. The van der Waals surface area contributed by atoms with Crippen molar-refractivity contribution < 1.29 is 14.3 Å². The highest BCUT2D eigenvalue weighted by Gasteiger charge is 2.61. The lowest BCUT2D eigenvalue weighted by Crippen LogP contribution is -2.62. The Kier molecular flexibility index (Phi) is 7.19. The van der Waals surface area contributed by atoms with Crippen molar-refractivity contribution in [3.8, 4) is 0 Å². The first-order chi connectivity index (χ1) is 13.8. The highest BCUT2D eigenvalue weighted by Crippen LogP contribution is 2.60. The van der Waals surface area contributed by atoms with Crippen LogP contribution in [0.3, 0.4) is 0 Å². The molecule has 0 radical (unpaired) electrons.